The molecule has 0 aromatic heterocycles. The summed E-state index contributed by atoms with van der Waals surface area (Å²) >= 11 is 3.41. The molecule has 0 saturated heterocycles. The van der Waals surface area contributed by atoms with E-state index in [1.54, 1.807) is 0 Å². The normalized spacial score (nSPS) is 11.9. The van der Waals surface area contributed by atoms with E-state index >= 15 is 0 Å². The maximum atomic E-state index is 11.0. The van der Waals surface area contributed by atoms with Crippen molar-refractivity contribution in [2.75, 3.05) is 0 Å². The van der Waals surface area contributed by atoms with Gasteiger partial charge in [-0.15, -0.1) is 0 Å². The average molecular weight is 269 g/mol. The van der Waals surface area contributed by atoms with Crippen molar-refractivity contribution in [2.24, 2.45) is 0 Å². The third kappa shape index (κ3) is 3.51. The van der Waals surface area contributed by atoms with Gasteiger partial charge in [0.2, 0.25) is 0 Å². The van der Waals surface area contributed by atoms with Gasteiger partial charge in [0.1, 0.15) is 5.76 Å². The largest absolute Gasteiger partial charge is 0.425 e. The second kappa shape index (κ2) is 5.71. The highest BCUT2D eigenvalue weighted by molar-refractivity contribution is 9.11. The molecule has 0 fully saturated rings. The minimum Gasteiger partial charge on any atom is -0.425 e. The molecule has 0 unspecified atom stereocenters. The topological polar surface area (TPSA) is 26.3 Å². The van der Waals surface area contributed by atoms with Crippen LogP contribution in [0.15, 0.2) is 34.8 Å². The maximum Gasteiger partial charge on any atom is 0.308 e. The molecule has 2 nitrogen and oxygen atoms in total. The molecule has 0 saturated carbocycles. The summed E-state index contributed by atoms with van der Waals surface area (Å²) in [5.41, 5.74) is 0.904. The zero-order valence-corrected chi connectivity index (χ0v) is 10.4. The van der Waals surface area contributed by atoms with Gasteiger partial charge in [0.05, 0.1) is 0 Å². The highest BCUT2D eigenvalue weighted by atomic mass is 79.9. The van der Waals surface area contributed by atoms with Crippen LogP contribution in [0.5, 0.6) is 0 Å². The van der Waals surface area contributed by atoms with Gasteiger partial charge in [0, 0.05) is 17.0 Å². The Balaban J connectivity index is 3.08. The Morgan fingerprint density at radius 2 is 1.93 bits per heavy atom. The van der Waals surface area contributed by atoms with Crippen LogP contribution in [-0.4, -0.2) is 5.97 Å². The molecular weight excluding hydrogens is 256 g/mol. The lowest BCUT2D eigenvalue weighted by Crippen LogP contribution is -1.99. The minimum atomic E-state index is -0.306. The summed E-state index contributed by atoms with van der Waals surface area (Å²) in [5.74, 6) is 0.296. The summed E-state index contributed by atoms with van der Waals surface area (Å²) in [6.45, 7) is 3.40. The molecule has 0 bridgehead atoms. The molecule has 0 aliphatic carbocycles. The quantitative estimate of drug-likeness (QED) is 0.617. The molecule has 0 amide bonds. The first-order valence-corrected chi connectivity index (χ1v) is 5.57. The number of rotatable bonds is 3. The van der Waals surface area contributed by atoms with Crippen LogP contribution < -0.4 is 0 Å². The molecule has 1 rings (SSSR count). The molecule has 0 aliphatic heterocycles. The first kappa shape index (κ1) is 12.0. The fourth-order valence-electron chi connectivity index (χ4n) is 1.16. The summed E-state index contributed by atoms with van der Waals surface area (Å²) in [4.78, 5) is 11.0. The van der Waals surface area contributed by atoms with E-state index in [1.807, 2.05) is 37.3 Å². The molecule has 1 aromatic rings. The van der Waals surface area contributed by atoms with Crippen LogP contribution in [0.4, 0.5) is 0 Å². The van der Waals surface area contributed by atoms with Crippen molar-refractivity contribution in [3.8, 4) is 0 Å². The van der Waals surface area contributed by atoms with Gasteiger partial charge in [0.15, 0.2) is 0 Å². The van der Waals surface area contributed by atoms with Crippen LogP contribution in [0.3, 0.4) is 0 Å². The van der Waals surface area contributed by atoms with E-state index in [4.69, 9.17) is 4.74 Å². The highest BCUT2D eigenvalue weighted by Gasteiger charge is 2.09. The molecule has 0 spiro atoms. The predicted molar refractivity (Wildman–Crippen MR) is 64.3 cm³/mol. The lowest BCUT2D eigenvalue weighted by atomic mass is 10.1. The molecule has 0 aliphatic rings. The van der Waals surface area contributed by atoms with Crippen LogP contribution in [-0.2, 0) is 9.53 Å². The van der Waals surface area contributed by atoms with Crippen LogP contribution in [0.25, 0.3) is 5.76 Å². The lowest BCUT2D eigenvalue weighted by molar-refractivity contribution is -0.134. The Morgan fingerprint density at radius 3 is 2.40 bits per heavy atom. The number of allylic oxidation sites excluding steroid dienone is 1. The molecule has 0 radical (unpaired) electrons. The van der Waals surface area contributed by atoms with Crippen LogP contribution in [0.1, 0.15) is 25.8 Å². The van der Waals surface area contributed by atoms with Crippen molar-refractivity contribution in [1.82, 2.24) is 0 Å². The Kier molecular flexibility index (Phi) is 4.56. The molecule has 0 N–H and O–H groups in total. The van der Waals surface area contributed by atoms with Gasteiger partial charge in [-0.2, -0.15) is 0 Å². The molecule has 15 heavy (non-hydrogen) atoms. The number of halogens is 1. The standard InChI is InChI=1S/C12H13BrO2/c1-3-11(13)12(15-9(2)14)10-7-5-4-6-8-10/h4-8H,3H2,1-2H3/b12-11+. The molecule has 0 heterocycles. The number of carbonyl (C=O) groups is 1. The average Bonchev–Trinajstić information content (AvgIpc) is 2.26. The van der Waals surface area contributed by atoms with Crippen molar-refractivity contribution < 1.29 is 9.53 Å². The van der Waals surface area contributed by atoms with Gasteiger partial charge >= 0.3 is 5.97 Å². The summed E-state index contributed by atoms with van der Waals surface area (Å²) in [7, 11) is 0. The van der Waals surface area contributed by atoms with Crippen LogP contribution in [0.2, 0.25) is 0 Å². The van der Waals surface area contributed by atoms with E-state index in [-0.39, 0.29) is 5.97 Å². The van der Waals surface area contributed by atoms with Crippen molar-refractivity contribution in [3.05, 3.63) is 40.4 Å². The molecule has 80 valence electrons. The number of carbonyl (C=O) groups excluding carboxylic acids is 1. The monoisotopic (exact) mass is 268 g/mol. The SMILES string of the molecule is CC/C(Br)=C(\OC(C)=O)c1ccccc1. The van der Waals surface area contributed by atoms with Crippen LogP contribution >= 0.6 is 15.9 Å². The number of esters is 1. The smallest absolute Gasteiger partial charge is 0.308 e. The zero-order chi connectivity index (χ0) is 11.3. The minimum absolute atomic E-state index is 0.306. The number of hydrogen-bond acceptors (Lipinski definition) is 2. The van der Waals surface area contributed by atoms with Gasteiger partial charge in [-0.05, 0) is 6.42 Å². The van der Waals surface area contributed by atoms with Gasteiger partial charge in [-0.25, -0.2) is 0 Å². The van der Waals surface area contributed by atoms with Crippen molar-refractivity contribution in [2.45, 2.75) is 20.3 Å². The summed E-state index contributed by atoms with van der Waals surface area (Å²) in [6, 6.07) is 9.57. The van der Waals surface area contributed by atoms with E-state index in [1.165, 1.54) is 6.92 Å². The second-order valence-electron chi connectivity index (χ2n) is 3.05. The molecule has 1 aromatic carbocycles. The summed E-state index contributed by atoms with van der Waals surface area (Å²) in [5, 5.41) is 0. The fourth-order valence-corrected chi connectivity index (χ4v) is 1.47. The molecule has 3 heteroatoms. The number of hydrogen-bond donors (Lipinski definition) is 0. The van der Waals surface area contributed by atoms with Crippen molar-refractivity contribution in [1.29, 1.82) is 0 Å². The predicted octanol–water partition coefficient (Wildman–Crippen LogP) is 3.72. The second-order valence-corrected chi connectivity index (χ2v) is 4.00. The number of ether oxygens (including phenoxy) is 1. The zero-order valence-electron chi connectivity index (χ0n) is 8.79. The third-order valence-corrected chi connectivity index (χ3v) is 2.76. The van der Waals surface area contributed by atoms with Gasteiger partial charge in [-0.3, -0.25) is 4.79 Å². The Morgan fingerprint density at radius 1 is 1.33 bits per heavy atom. The molecule has 0 atom stereocenters. The van der Waals surface area contributed by atoms with E-state index < -0.39 is 0 Å². The Labute approximate surface area is 98.1 Å². The maximum absolute atomic E-state index is 11.0. The van der Waals surface area contributed by atoms with E-state index in [9.17, 15) is 4.79 Å². The lowest BCUT2D eigenvalue weighted by Gasteiger charge is -2.09. The van der Waals surface area contributed by atoms with Crippen LogP contribution in [0, 0.1) is 0 Å². The van der Waals surface area contributed by atoms with E-state index in [2.05, 4.69) is 15.9 Å². The Hall–Kier alpha value is -1.09. The van der Waals surface area contributed by atoms with Gasteiger partial charge < -0.3 is 4.74 Å². The molecular formula is C12H13BrO2. The van der Waals surface area contributed by atoms with Crippen molar-refractivity contribution >= 4 is 27.7 Å². The van der Waals surface area contributed by atoms with Crippen molar-refractivity contribution in [3.63, 3.8) is 0 Å². The first-order valence-electron chi connectivity index (χ1n) is 4.77. The van der Waals surface area contributed by atoms with Gasteiger partial charge in [0.25, 0.3) is 0 Å². The highest BCUT2D eigenvalue weighted by Crippen LogP contribution is 2.26. The number of benzene rings is 1. The van der Waals surface area contributed by atoms with E-state index in [0.29, 0.717) is 5.76 Å². The Bertz CT molecular complexity index is 368. The first-order chi connectivity index (χ1) is 7.15. The summed E-state index contributed by atoms with van der Waals surface area (Å²) < 4.78 is 6.08. The fraction of sp³-hybridized carbons (Fsp3) is 0.250. The van der Waals surface area contributed by atoms with E-state index in [0.717, 1.165) is 16.5 Å². The van der Waals surface area contributed by atoms with Gasteiger partial charge in [-0.1, -0.05) is 53.2 Å². The summed E-state index contributed by atoms with van der Waals surface area (Å²) in [6.07, 6.45) is 0.789. The third-order valence-electron chi connectivity index (χ3n) is 1.84.